The van der Waals surface area contributed by atoms with Gasteiger partial charge in [-0.25, -0.2) is 0 Å². The van der Waals surface area contributed by atoms with E-state index in [-0.39, 0.29) is 0 Å². The van der Waals surface area contributed by atoms with Gasteiger partial charge < -0.3 is 14.8 Å². The summed E-state index contributed by atoms with van der Waals surface area (Å²) < 4.78 is 11.0. The summed E-state index contributed by atoms with van der Waals surface area (Å²) in [6, 6.07) is 6.34. The lowest BCUT2D eigenvalue weighted by atomic mass is 10.00. The molecule has 0 radical (unpaired) electrons. The van der Waals surface area contributed by atoms with E-state index in [1.165, 1.54) is 5.56 Å². The summed E-state index contributed by atoms with van der Waals surface area (Å²) in [7, 11) is 1.69. The van der Waals surface area contributed by atoms with Crippen molar-refractivity contribution in [3.8, 4) is 23.8 Å². The molecule has 0 amide bonds. The third-order valence-corrected chi connectivity index (χ3v) is 3.40. The number of ether oxygens (including phenoxy) is 2. The molecular formula is C16H21NO2. The fourth-order valence-corrected chi connectivity index (χ4v) is 2.34. The molecule has 0 saturated carbocycles. The smallest absolute Gasteiger partial charge is 0.124 e. The Labute approximate surface area is 115 Å². The third kappa shape index (κ3) is 3.65. The number of nitrogens with one attached hydrogen (secondary N) is 1. The van der Waals surface area contributed by atoms with Crippen LogP contribution in [-0.2, 0) is 0 Å². The molecule has 0 bridgehead atoms. The van der Waals surface area contributed by atoms with Gasteiger partial charge in [0, 0.05) is 24.4 Å². The third-order valence-electron chi connectivity index (χ3n) is 3.40. The SMILES string of the molecule is C#CCCCCNC1CCOc2ccc(OC)cc21. The van der Waals surface area contributed by atoms with Crippen molar-refractivity contribution in [2.45, 2.75) is 31.7 Å². The van der Waals surface area contributed by atoms with E-state index in [4.69, 9.17) is 15.9 Å². The number of unbranched alkanes of at least 4 members (excludes halogenated alkanes) is 2. The fourth-order valence-electron chi connectivity index (χ4n) is 2.34. The molecule has 1 N–H and O–H groups in total. The van der Waals surface area contributed by atoms with E-state index in [2.05, 4.69) is 17.3 Å². The van der Waals surface area contributed by atoms with Crippen LogP contribution in [0, 0.1) is 12.3 Å². The zero-order chi connectivity index (χ0) is 13.5. The average molecular weight is 259 g/mol. The largest absolute Gasteiger partial charge is 0.497 e. The fraction of sp³-hybridized carbons (Fsp3) is 0.500. The first kappa shape index (κ1) is 13.8. The van der Waals surface area contributed by atoms with E-state index in [1.54, 1.807) is 7.11 Å². The Morgan fingerprint density at radius 3 is 3.16 bits per heavy atom. The highest BCUT2D eigenvalue weighted by molar-refractivity contribution is 5.43. The van der Waals surface area contributed by atoms with E-state index in [1.807, 2.05) is 12.1 Å². The van der Waals surface area contributed by atoms with Gasteiger partial charge in [0.2, 0.25) is 0 Å². The van der Waals surface area contributed by atoms with Crippen molar-refractivity contribution in [3.63, 3.8) is 0 Å². The molecule has 19 heavy (non-hydrogen) atoms. The lowest BCUT2D eigenvalue weighted by Crippen LogP contribution is -2.27. The highest BCUT2D eigenvalue weighted by Gasteiger charge is 2.21. The van der Waals surface area contributed by atoms with Crippen LogP contribution >= 0.6 is 0 Å². The molecule has 0 aromatic heterocycles. The minimum Gasteiger partial charge on any atom is -0.497 e. The molecule has 1 aliphatic heterocycles. The van der Waals surface area contributed by atoms with Crippen LogP contribution in [0.25, 0.3) is 0 Å². The summed E-state index contributed by atoms with van der Waals surface area (Å²) in [5, 5.41) is 3.58. The number of methoxy groups -OCH3 is 1. The Bertz CT molecular complexity index is 451. The van der Waals surface area contributed by atoms with Gasteiger partial charge in [-0.3, -0.25) is 0 Å². The van der Waals surface area contributed by atoms with Crippen LogP contribution < -0.4 is 14.8 Å². The Morgan fingerprint density at radius 1 is 1.47 bits per heavy atom. The Balaban J connectivity index is 1.95. The lowest BCUT2D eigenvalue weighted by Gasteiger charge is -2.27. The maximum Gasteiger partial charge on any atom is 0.124 e. The second-order valence-electron chi connectivity index (χ2n) is 4.71. The molecule has 0 spiro atoms. The predicted octanol–water partition coefficient (Wildman–Crippen LogP) is 2.91. The number of fused-ring (bicyclic) bond motifs is 1. The van der Waals surface area contributed by atoms with Crippen LogP contribution in [0.1, 0.15) is 37.3 Å². The number of hydrogen-bond donors (Lipinski definition) is 1. The van der Waals surface area contributed by atoms with Crippen molar-refractivity contribution in [2.75, 3.05) is 20.3 Å². The highest BCUT2D eigenvalue weighted by Crippen LogP contribution is 2.34. The highest BCUT2D eigenvalue weighted by atomic mass is 16.5. The van der Waals surface area contributed by atoms with E-state index in [9.17, 15) is 0 Å². The summed E-state index contributed by atoms with van der Waals surface area (Å²) in [6.07, 6.45) is 9.30. The van der Waals surface area contributed by atoms with E-state index in [0.717, 1.165) is 50.3 Å². The van der Waals surface area contributed by atoms with Crippen molar-refractivity contribution in [1.29, 1.82) is 0 Å². The molecule has 1 atom stereocenters. The van der Waals surface area contributed by atoms with Gasteiger partial charge >= 0.3 is 0 Å². The second-order valence-corrected chi connectivity index (χ2v) is 4.71. The molecule has 1 heterocycles. The zero-order valence-corrected chi connectivity index (χ0v) is 11.4. The van der Waals surface area contributed by atoms with Gasteiger partial charge in [-0.1, -0.05) is 0 Å². The minimum absolute atomic E-state index is 0.352. The first-order chi connectivity index (χ1) is 9.35. The molecule has 3 heteroatoms. The summed E-state index contributed by atoms with van der Waals surface area (Å²) in [4.78, 5) is 0. The van der Waals surface area contributed by atoms with Gasteiger partial charge in [0.25, 0.3) is 0 Å². The summed E-state index contributed by atoms with van der Waals surface area (Å²) >= 11 is 0. The Morgan fingerprint density at radius 2 is 2.37 bits per heavy atom. The monoisotopic (exact) mass is 259 g/mol. The van der Waals surface area contributed by atoms with Gasteiger partial charge in [-0.05, 0) is 37.6 Å². The maximum absolute atomic E-state index is 5.68. The van der Waals surface area contributed by atoms with Crippen LogP contribution in [0.5, 0.6) is 11.5 Å². The summed E-state index contributed by atoms with van der Waals surface area (Å²) in [6.45, 7) is 1.75. The normalized spacial score (nSPS) is 17.2. The summed E-state index contributed by atoms with van der Waals surface area (Å²) in [5.74, 6) is 4.52. The van der Waals surface area contributed by atoms with Gasteiger partial charge in [-0.2, -0.15) is 0 Å². The van der Waals surface area contributed by atoms with E-state index >= 15 is 0 Å². The molecule has 1 unspecified atom stereocenters. The predicted molar refractivity (Wildman–Crippen MR) is 76.5 cm³/mol. The second kappa shape index (κ2) is 7.06. The van der Waals surface area contributed by atoms with Crippen molar-refractivity contribution >= 4 is 0 Å². The van der Waals surface area contributed by atoms with Crippen molar-refractivity contribution < 1.29 is 9.47 Å². The molecule has 3 nitrogen and oxygen atoms in total. The van der Waals surface area contributed by atoms with Crippen molar-refractivity contribution in [1.82, 2.24) is 5.32 Å². The molecule has 0 fully saturated rings. The topological polar surface area (TPSA) is 30.5 Å². The van der Waals surface area contributed by atoms with E-state index < -0.39 is 0 Å². The zero-order valence-electron chi connectivity index (χ0n) is 11.4. The lowest BCUT2D eigenvalue weighted by molar-refractivity contribution is 0.251. The molecule has 0 saturated heterocycles. The average Bonchev–Trinajstić information content (AvgIpc) is 2.46. The molecular weight excluding hydrogens is 238 g/mol. The molecule has 1 aromatic rings. The number of benzene rings is 1. The standard InChI is InChI=1S/C16H21NO2/c1-3-4-5-6-10-17-15-9-11-19-16-8-7-13(18-2)12-14(15)16/h1,7-8,12,15,17H,4-6,9-11H2,2H3. The van der Waals surface area contributed by atoms with Gasteiger partial charge in [-0.15, -0.1) is 12.3 Å². The molecule has 0 aliphatic carbocycles. The Kier molecular flexibility index (Phi) is 5.11. The number of hydrogen-bond acceptors (Lipinski definition) is 3. The minimum atomic E-state index is 0.352. The number of rotatable bonds is 6. The molecule has 2 rings (SSSR count). The van der Waals surface area contributed by atoms with Crippen LogP contribution in [0.3, 0.4) is 0 Å². The van der Waals surface area contributed by atoms with E-state index in [0.29, 0.717) is 6.04 Å². The first-order valence-corrected chi connectivity index (χ1v) is 6.82. The first-order valence-electron chi connectivity index (χ1n) is 6.82. The van der Waals surface area contributed by atoms with Crippen LogP contribution in [0.2, 0.25) is 0 Å². The quantitative estimate of drug-likeness (QED) is 0.629. The summed E-state index contributed by atoms with van der Waals surface area (Å²) in [5.41, 5.74) is 1.20. The van der Waals surface area contributed by atoms with Gasteiger partial charge in [0.05, 0.1) is 13.7 Å². The molecule has 1 aliphatic rings. The maximum atomic E-state index is 5.68. The number of terminal acetylenes is 1. The molecule has 1 aromatic carbocycles. The van der Waals surface area contributed by atoms with Crippen molar-refractivity contribution in [3.05, 3.63) is 23.8 Å². The van der Waals surface area contributed by atoms with Crippen molar-refractivity contribution in [2.24, 2.45) is 0 Å². The van der Waals surface area contributed by atoms with Gasteiger partial charge in [0.15, 0.2) is 0 Å². The molecule has 102 valence electrons. The van der Waals surface area contributed by atoms with Gasteiger partial charge in [0.1, 0.15) is 11.5 Å². The van der Waals surface area contributed by atoms with Crippen LogP contribution in [0.15, 0.2) is 18.2 Å². The van der Waals surface area contributed by atoms with Crippen LogP contribution in [-0.4, -0.2) is 20.3 Å². The Hall–Kier alpha value is -1.66. The van der Waals surface area contributed by atoms with Crippen LogP contribution in [0.4, 0.5) is 0 Å².